The molecule has 3 N–H and O–H groups in total. The largest absolute Gasteiger partial charge is 0.342 e. The van der Waals surface area contributed by atoms with Crippen molar-refractivity contribution in [2.45, 2.75) is 51.0 Å². The predicted molar refractivity (Wildman–Crippen MR) is 73.2 cm³/mol. The number of hydrogen-bond donors (Lipinski definition) is 2. The fourth-order valence-electron chi connectivity index (χ4n) is 3.11. The Labute approximate surface area is 110 Å². The molecule has 1 atom stereocenters. The average Bonchev–Trinajstić information content (AvgIpc) is 2.77. The summed E-state index contributed by atoms with van der Waals surface area (Å²) >= 11 is 0. The summed E-state index contributed by atoms with van der Waals surface area (Å²) in [5, 5.41) is 3.62. The van der Waals surface area contributed by atoms with Crippen LogP contribution in [0.4, 0.5) is 0 Å². The Morgan fingerprint density at radius 2 is 2.06 bits per heavy atom. The van der Waals surface area contributed by atoms with E-state index in [2.05, 4.69) is 5.32 Å². The summed E-state index contributed by atoms with van der Waals surface area (Å²) in [5.74, 6) is 0.687. The van der Waals surface area contributed by atoms with Crippen molar-refractivity contribution in [2.24, 2.45) is 11.7 Å². The van der Waals surface area contributed by atoms with Gasteiger partial charge < -0.3 is 16.0 Å². The van der Waals surface area contributed by atoms with Crippen LogP contribution in [0.5, 0.6) is 0 Å². The van der Waals surface area contributed by atoms with Crippen LogP contribution in [-0.2, 0) is 4.79 Å². The molecule has 0 bridgehead atoms. The van der Waals surface area contributed by atoms with Crippen molar-refractivity contribution in [2.75, 3.05) is 26.2 Å². The molecule has 0 aromatic carbocycles. The van der Waals surface area contributed by atoms with Gasteiger partial charge in [0.15, 0.2) is 0 Å². The van der Waals surface area contributed by atoms with Crippen LogP contribution in [-0.4, -0.2) is 43.0 Å². The zero-order valence-corrected chi connectivity index (χ0v) is 11.4. The number of rotatable bonds is 6. The quantitative estimate of drug-likeness (QED) is 0.697. The zero-order chi connectivity index (χ0) is 12.8. The second-order valence-corrected chi connectivity index (χ2v) is 5.79. The molecule has 4 nitrogen and oxygen atoms in total. The van der Waals surface area contributed by atoms with E-state index in [1.807, 2.05) is 4.90 Å². The first-order valence-electron chi connectivity index (χ1n) is 7.51. The molecule has 0 radical (unpaired) electrons. The van der Waals surface area contributed by atoms with E-state index in [1.54, 1.807) is 0 Å². The van der Waals surface area contributed by atoms with Crippen LogP contribution in [0.15, 0.2) is 0 Å². The van der Waals surface area contributed by atoms with Gasteiger partial charge in [-0.2, -0.15) is 0 Å². The van der Waals surface area contributed by atoms with E-state index in [-0.39, 0.29) is 0 Å². The van der Waals surface area contributed by atoms with Crippen LogP contribution in [0.2, 0.25) is 0 Å². The van der Waals surface area contributed by atoms with Gasteiger partial charge in [-0.1, -0.05) is 19.3 Å². The molecule has 0 spiro atoms. The number of carbonyl (C=O) groups is 1. The number of hydrogen-bond acceptors (Lipinski definition) is 3. The van der Waals surface area contributed by atoms with Crippen LogP contribution in [0.25, 0.3) is 0 Å². The minimum atomic E-state index is 0.295. The molecule has 1 amide bonds. The molecule has 0 aromatic rings. The third kappa shape index (κ3) is 3.95. The number of nitrogens with two attached hydrogens (primary N) is 1. The monoisotopic (exact) mass is 253 g/mol. The minimum Gasteiger partial charge on any atom is -0.342 e. The highest BCUT2D eigenvalue weighted by Crippen LogP contribution is 2.18. The van der Waals surface area contributed by atoms with Crippen molar-refractivity contribution in [3.8, 4) is 0 Å². The molecule has 1 aliphatic carbocycles. The van der Waals surface area contributed by atoms with Gasteiger partial charge in [0.2, 0.25) is 5.91 Å². The Morgan fingerprint density at radius 1 is 1.28 bits per heavy atom. The fraction of sp³-hybridized carbons (Fsp3) is 0.929. The van der Waals surface area contributed by atoms with Gasteiger partial charge in [-0.25, -0.2) is 0 Å². The number of nitrogens with one attached hydrogen (secondary N) is 1. The molecule has 1 aliphatic heterocycles. The maximum Gasteiger partial charge on any atom is 0.222 e. The molecule has 4 heteroatoms. The summed E-state index contributed by atoms with van der Waals surface area (Å²) in [7, 11) is 0. The van der Waals surface area contributed by atoms with Crippen molar-refractivity contribution >= 4 is 5.91 Å². The number of carbonyl (C=O) groups excluding carboxylic acids is 1. The molecule has 1 saturated heterocycles. The first-order valence-corrected chi connectivity index (χ1v) is 7.51. The molecule has 18 heavy (non-hydrogen) atoms. The van der Waals surface area contributed by atoms with E-state index in [0.717, 1.165) is 32.1 Å². The summed E-state index contributed by atoms with van der Waals surface area (Å²) in [5.41, 5.74) is 5.62. The second-order valence-electron chi connectivity index (χ2n) is 5.79. The Balaban J connectivity index is 1.56. The van der Waals surface area contributed by atoms with Gasteiger partial charge in [-0.15, -0.1) is 0 Å². The topological polar surface area (TPSA) is 58.4 Å². The van der Waals surface area contributed by atoms with E-state index in [0.29, 0.717) is 24.8 Å². The molecule has 104 valence electrons. The summed E-state index contributed by atoms with van der Waals surface area (Å²) in [6, 6.07) is 0.727. The third-order valence-electron chi connectivity index (χ3n) is 4.27. The highest BCUT2D eigenvalue weighted by atomic mass is 16.2. The maximum atomic E-state index is 11.7. The Morgan fingerprint density at radius 3 is 2.72 bits per heavy atom. The Hall–Kier alpha value is -0.610. The Kier molecular flexibility index (Phi) is 5.45. The SMILES string of the molecule is NCC1CC(=O)N(CCCNC2CCCCC2)C1. The number of nitrogens with zero attached hydrogens (tertiary/aromatic N) is 1. The maximum absolute atomic E-state index is 11.7. The smallest absolute Gasteiger partial charge is 0.222 e. The molecule has 1 saturated carbocycles. The van der Waals surface area contributed by atoms with Crippen LogP contribution >= 0.6 is 0 Å². The number of likely N-dealkylation sites (tertiary alicyclic amines) is 1. The predicted octanol–water partition coefficient (Wildman–Crippen LogP) is 1.11. The lowest BCUT2D eigenvalue weighted by atomic mass is 9.95. The first-order chi connectivity index (χ1) is 8.79. The average molecular weight is 253 g/mol. The highest BCUT2D eigenvalue weighted by molar-refractivity contribution is 5.78. The molecule has 1 unspecified atom stereocenters. The van der Waals surface area contributed by atoms with Gasteiger partial charge in [-0.3, -0.25) is 4.79 Å². The summed E-state index contributed by atoms with van der Waals surface area (Å²) in [6.07, 6.45) is 8.55. The molecule has 0 aromatic heterocycles. The van der Waals surface area contributed by atoms with Crippen molar-refractivity contribution in [1.29, 1.82) is 0 Å². The zero-order valence-electron chi connectivity index (χ0n) is 11.4. The van der Waals surface area contributed by atoms with Crippen LogP contribution in [0.1, 0.15) is 44.9 Å². The normalized spacial score (nSPS) is 25.9. The summed E-state index contributed by atoms with van der Waals surface area (Å²) in [6.45, 7) is 3.46. The van der Waals surface area contributed by atoms with Crippen molar-refractivity contribution in [3.05, 3.63) is 0 Å². The molecular formula is C14H27N3O. The lowest BCUT2D eigenvalue weighted by Crippen LogP contribution is -2.34. The first kappa shape index (κ1) is 13.8. The third-order valence-corrected chi connectivity index (χ3v) is 4.27. The molecule has 1 heterocycles. The molecule has 2 fully saturated rings. The van der Waals surface area contributed by atoms with Crippen molar-refractivity contribution in [1.82, 2.24) is 10.2 Å². The second kappa shape index (κ2) is 7.10. The van der Waals surface area contributed by atoms with Gasteiger partial charge >= 0.3 is 0 Å². The van der Waals surface area contributed by atoms with E-state index < -0.39 is 0 Å². The van der Waals surface area contributed by atoms with Gasteiger partial charge in [0, 0.05) is 25.6 Å². The lowest BCUT2D eigenvalue weighted by Gasteiger charge is -2.23. The van der Waals surface area contributed by atoms with E-state index in [1.165, 1.54) is 32.1 Å². The number of amides is 1. The Bertz CT molecular complexity index is 264. The summed E-state index contributed by atoms with van der Waals surface area (Å²) < 4.78 is 0. The molecule has 2 rings (SSSR count). The van der Waals surface area contributed by atoms with E-state index >= 15 is 0 Å². The molecule has 2 aliphatic rings. The van der Waals surface area contributed by atoms with Crippen LogP contribution < -0.4 is 11.1 Å². The van der Waals surface area contributed by atoms with Crippen molar-refractivity contribution < 1.29 is 4.79 Å². The van der Waals surface area contributed by atoms with E-state index in [4.69, 9.17) is 5.73 Å². The van der Waals surface area contributed by atoms with Crippen LogP contribution in [0, 0.1) is 5.92 Å². The van der Waals surface area contributed by atoms with E-state index in [9.17, 15) is 4.79 Å². The van der Waals surface area contributed by atoms with Gasteiger partial charge in [0.05, 0.1) is 0 Å². The van der Waals surface area contributed by atoms with Crippen molar-refractivity contribution in [3.63, 3.8) is 0 Å². The van der Waals surface area contributed by atoms with Gasteiger partial charge in [-0.05, 0) is 38.3 Å². The van der Waals surface area contributed by atoms with Gasteiger partial charge in [0.1, 0.15) is 0 Å². The minimum absolute atomic E-state index is 0.295. The lowest BCUT2D eigenvalue weighted by molar-refractivity contribution is -0.127. The highest BCUT2D eigenvalue weighted by Gasteiger charge is 2.27. The molecular weight excluding hydrogens is 226 g/mol. The summed E-state index contributed by atoms with van der Waals surface area (Å²) in [4.78, 5) is 13.7. The van der Waals surface area contributed by atoms with Gasteiger partial charge in [0.25, 0.3) is 0 Å². The fourth-order valence-corrected chi connectivity index (χ4v) is 3.11. The standard InChI is InChI=1S/C14H27N3O/c15-10-12-9-14(18)17(11-12)8-4-7-16-13-5-2-1-3-6-13/h12-13,16H,1-11,15H2. The van der Waals surface area contributed by atoms with Crippen LogP contribution in [0.3, 0.4) is 0 Å².